The Morgan fingerprint density at radius 3 is 2.41 bits per heavy atom. The molecule has 0 unspecified atom stereocenters. The number of aryl methyl sites for hydroxylation is 1. The Labute approximate surface area is 99.6 Å². The smallest absolute Gasteiger partial charge is 0.322 e. The molecule has 0 saturated heterocycles. The Hall–Kier alpha value is -1.44. The summed E-state index contributed by atoms with van der Waals surface area (Å²) in [4.78, 5) is 10.7. The van der Waals surface area contributed by atoms with Gasteiger partial charge in [-0.2, -0.15) is 18.2 Å². The van der Waals surface area contributed by atoms with Crippen LogP contribution in [0.5, 0.6) is 0 Å². The Bertz CT molecular complexity index is 480. The molecule has 6 nitrogen and oxygen atoms in total. The third kappa shape index (κ3) is 4.14. The van der Waals surface area contributed by atoms with Crippen molar-refractivity contribution in [2.75, 3.05) is 13.7 Å². The average molecular weight is 259 g/mol. The van der Waals surface area contributed by atoms with Gasteiger partial charge in [-0.25, -0.2) is 0 Å². The third-order valence-electron chi connectivity index (χ3n) is 1.92. The SMILES string of the molecule is COC(=O)CNOS(=O)(=O)c1ccc(C)cc1. The highest BCUT2D eigenvalue weighted by Crippen LogP contribution is 2.11. The highest BCUT2D eigenvalue weighted by atomic mass is 32.2. The summed E-state index contributed by atoms with van der Waals surface area (Å²) in [5.74, 6) is -0.621. The van der Waals surface area contributed by atoms with E-state index in [1.807, 2.05) is 12.4 Å². The van der Waals surface area contributed by atoms with Crippen LogP contribution in [0.15, 0.2) is 29.2 Å². The van der Waals surface area contributed by atoms with E-state index in [2.05, 4.69) is 9.02 Å². The topological polar surface area (TPSA) is 81.7 Å². The predicted molar refractivity (Wildman–Crippen MR) is 59.5 cm³/mol. The van der Waals surface area contributed by atoms with Crippen LogP contribution in [-0.4, -0.2) is 28.0 Å². The first-order valence-corrected chi connectivity index (χ1v) is 6.16. The summed E-state index contributed by atoms with van der Waals surface area (Å²) >= 11 is 0. The van der Waals surface area contributed by atoms with E-state index in [4.69, 9.17) is 0 Å². The van der Waals surface area contributed by atoms with E-state index >= 15 is 0 Å². The van der Waals surface area contributed by atoms with Gasteiger partial charge in [0, 0.05) is 0 Å². The molecule has 17 heavy (non-hydrogen) atoms. The molecule has 0 aromatic heterocycles. The summed E-state index contributed by atoms with van der Waals surface area (Å²) in [6.45, 7) is 1.49. The molecule has 0 radical (unpaired) electrons. The normalized spacial score (nSPS) is 11.2. The van der Waals surface area contributed by atoms with Gasteiger partial charge in [0.05, 0.1) is 12.0 Å². The van der Waals surface area contributed by atoms with Gasteiger partial charge in [0.25, 0.3) is 0 Å². The van der Waals surface area contributed by atoms with Crippen molar-refractivity contribution in [2.45, 2.75) is 11.8 Å². The molecule has 0 fully saturated rings. The lowest BCUT2D eigenvalue weighted by atomic mass is 10.2. The van der Waals surface area contributed by atoms with Crippen LogP contribution in [-0.2, 0) is 23.9 Å². The summed E-state index contributed by atoms with van der Waals surface area (Å²) in [7, 11) is -2.71. The van der Waals surface area contributed by atoms with Gasteiger partial charge in [0.15, 0.2) is 0 Å². The fourth-order valence-electron chi connectivity index (χ4n) is 0.991. The van der Waals surface area contributed by atoms with Crippen molar-refractivity contribution in [3.63, 3.8) is 0 Å². The maximum Gasteiger partial charge on any atom is 0.322 e. The number of hydrogen-bond acceptors (Lipinski definition) is 6. The number of ether oxygens (including phenoxy) is 1. The number of carbonyl (C=O) groups is 1. The highest BCUT2D eigenvalue weighted by molar-refractivity contribution is 7.86. The molecule has 0 aliphatic heterocycles. The van der Waals surface area contributed by atoms with E-state index < -0.39 is 16.1 Å². The van der Waals surface area contributed by atoms with Crippen LogP contribution in [0.2, 0.25) is 0 Å². The molecule has 0 aliphatic rings. The van der Waals surface area contributed by atoms with Gasteiger partial charge in [-0.05, 0) is 19.1 Å². The van der Waals surface area contributed by atoms with Crippen molar-refractivity contribution >= 4 is 16.1 Å². The first-order chi connectivity index (χ1) is 7.95. The molecule has 0 spiro atoms. The zero-order valence-corrected chi connectivity index (χ0v) is 10.3. The second kappa shape index (κ2) is 5.76. The molecule has 0 atom stereocenters. The van der Waals surface area contributed by atoms with Crippen LogP contribution in [0, 0.1) is 6.92 Å². The number of rotatable bonds is 5. The van der Waals surface area contributed by atoms with Crippen molar-refractivity contribution in [1.82, 2.24) is 5.48 Å². The molecule has 0 amide bonds. The van der Waals surface area contributed by atoms with Gasteiger partial charge in [0.2, 0.25) is 0 Å². The molecule has 0 bridgehead atoms. The number of benzene rings is 1. The largest absolute Gasteiger partial charge is 0.468 e. The molecule has 94 valence electrons. The van der Waals surface area contributed by atoms with Crippen molar-refractivity contribution in [1.29, 1.82) is 0 Å². The third-order valence-corrected chi connectivity index (χ3v) is 3.11. The monoisotopic (exact) mass is 259 g/mol. The van der Waals surface area contributed by atoms with E-state index in [9.17, 15) is 13.2 Å². The summed E-state index contributed by atoms with van der Waals surface area (Å²) in [5.41, 5.74) is 2.96. The minimum Gasteiger partial charge on any atom is -0.468 e. The lowest BCUT2D eigenvalue weighted by Gasteiger charge is -2.05. The minimum atomic E-state index is -3.90. The summed E-state index contributed by atoms with van der Waals surface area (Å²) in [5, 5.41) is 0. The van der Waals surface area contributed by atoms with E-state index in [0.717, 1.165) is 5.56 Å². The maximum absolute atomic E-state index is 11.6. The van der Waals surface area contributed by atoms with Crippen LogP contribution < -0.4 is 5.48 Å². The first kappa shape index (κ1) is 13.6. The van der Waals surface area contributed by atoms with Crippen LogP contribution in [0.1, 0.15) is 5.56 Å². The molecule has 7 heteroatoms. The number of hydrogen-bond donors (Lipinski definition) is 1. The standard InChI is InChI=1S/C10H13NO5S/c1-8-3-5-9(6-4-8)17(13,14)16-11-7-10(12)15-2/h3-6,11H,7H2,1-2H3. The second-order valence-electron chi connectivity index (χ2n) is 3.25. The van der Waals surface area contributed by atoms with E-state index in [1.165, 1.54) is 19.2 Å². The number of nitrogens with one attached hydrogen (secondary N) is 1. The molecule has 1 aromatic rings. The highest BCUT2D eigenvalue weighted by Gasteiger charge is 2.15. The fraction of sp³-hybridized carbons (Fsp3) is 0.300. The van der Waals surface area contributed by atoms with E-state index in [1.54, 1.807) is 12.1 Å². The molecule has 0 saturated carbocycles. The lowest BCUT2D eigenvalue weighted by molar-refractivity contribution is -0.140. The number of methoxy groups -OCH3 is 1. The molecule has 1 N–H and O–H groups in total. The summed E-state index contributed by atoms with van der Waals surface area (Å²) in [6.07, 6.45) is 0. The Morgan fingerprint density at radius 1 is 1.29 bits per heavy atom. The van der Waals surface area contributed by atoms with Gasteiger partial charge in [-0.1, -0.05) is 17.7 Å². The summed E-state index contributed by atoms with van der Waals surface area (Å²) < 4.78 is 31.9. The van der Waals surface area contributed by atoms with Crippen LogP contribution >= 0.6 is 0 Å². The van der Waals surface area contributed by atoms with Gasteiger partial charge in [0.1, 0.15) is 6.54 Å². The van der Waals surface area contributed by atoms with Crippen molar-refractivity contribution in [3.05, 3.63) is 29.8 Å². The van der Waals surface area contributed by atoms with Crippen molar-refractivity contribution in [2.24, 2.45) is 0 Å². The van der Waals surface area contributed by atoms with Gasteiger partial charge in [-0.15, -0.1) is 0 Å². The molecule has 1 aromatic carbocycles. The van der Waals surface area contributed by atoms with Gasteiger partial charge < -0.3 is 4.74 Å². The zero-order valence-electron chi connectivity index (χ0n) is 9.47. The predicted octanol–water partition coefficient (Wildman–Crippen LogP) is 0.378. The zero-order chi connectivity index (χ0) is 12.9. The number of hydroxylamine groups is 1. The molecular formula is C10H13NO5S. The van der Waals surface area contributed by atoms with E-state index in [-0.39, 0.29) is 11.4 Å². The summed E-state index contributed by atoms with van der Waals surface area (Å²) in [6, 6.07) is 6.14. The Balaban J connectivity index is 2.63. The second-order valence-corrected chi connectivity index (χ2v) is 4.79. The Kier molecular flexibility index (Phi) is 4.62. The number of esters is 1. The van der Waals surface area contributed by atoms with Crippen LogP contribution in [0.4, 0.5) is 0 Å². The number of carbonyl (C=O) groups excluding carboxylic acids is 1. The average Bonchev–Trinajstić information content (AvgIpc) is 2.29. The van der Waals surface area contributed by atoms with Crippen molar-refractivity contribution in [3.8, 4) is 0 Å². The first-order valence-electron chi connectivity index (χ1n) is 4.75. The van der Waals surface area contributed by atoms with Crippen LogP contribution in [0.25, 0.3) is 0 Å². The molecular weight excluding hydrogens is 246 g/mol. The van der Waals surface area contributed by atoms with Crippen molar-refractivity contribution < 1.29 is 22.2 Å². The molecule has 0 heterocycles. The van der Waals surface area contributed by atoms with Gasteiger partial charge >= 0.3 is 16.1 Å². The minimum absolute atomic E-state index is 0.0143. The molecule has 0 aliphatic carbocycles. The molecule has 1 rings (SSSR count). The Morgan fingerprint density at radius 2 is 1.88 bits per heavy atom. The van der Waals surface area contributed by atoms with Gasteiger partial charge in [-0.3, -0.25) is 4.79 Å². The maximum atomic E-state index is 11.6. The quantitative estimate of drug-likeness (QED) is 0.608. The van der Waals surface area contributed by atoms with E-state index in [0.29, 0.717) is 0 Å². The lowest BCUT2D eigenvalue weighted by Crippen LogP contribution is -2.27. The van der Waals surface area contributed by atoms with Crippen LogP contribution in [0.3, 0.4) is 0 Å². The fourth-order valence-corrected chi connectivity index (χ4v) is 1.77.